The Morgan fingerprint density at radius 1 is 0.941 bits per heavy atom. The van der Waals surface area contributed by atoms with Crippen LogP contribution in [0.3, 0.4) is 0 Å². The van der Waals surface area contributed by atoms with Gasteiger partial charge in [0.15, 0.2) is 0 Å². The van der Waals surface area contributed by atoms with Crippen molar-refractivity contribution in [1.29, 1.82) is 0 Å². The zero-order valence-electron chi connectivity index (χ0n) is 10.1. The summed E-state index contributed by atoms with van der Waals surface area (Å²) in [5, 5.41) is 0. The summed E-state index contributed by atoms with van der Waals surface area (Å²) in [6, 6.07) is 19.1. The second-order valence-electron chi connectivity index (χ2n) is 3.85. The van der Waals surface area contributed by atoms with Crippen LogP contribution in [0, 0.1) is 0 Å². The van der Waals surface area contributed by atoms with Gasteiger partial charge in [0, 0.05) is 0 Å². The molecular weight excluding hydrogens is 275 g/mol. The summed E-state index contributed by atoms with van der Waals surface area (Å²) in [5.74, 6) is 0.928. The minimum atomic E-state index is 0.466. The number of ether oxygens (including phenoxy) is 1. The topological polar surface area (TPSA) is 9.23 Å². The maximum absolute atomic E-state index is 5.17. The Kier molecular flexibility index (Phi) is 4.24. The molecule has 2 aromatic rings. The molecule has 0 aliphatic carbocycles. The molecule has 0 fully saturated rings. The van der Waals surface area contributed by atoms with E-state index in [0.29, 0.717) is 19.8 Å². The average Bonchev–Trinajstić information content (AvgIpc) is 2.40. The van der Waals surface area contributed by atoms with Crippen LogP contribution in [0.2, 0.25) is 0 Å². The molecule has 0 aromatic heterocycles. The Morgan fingerprint density at radius 3 is 2.18 bits per heavy atom. The van der Waals surface area contributed by atoms with Crippen LogP contribution in [0.5, 0.6) is 5.75 Å². The molecule has 2 heteroatoms. The van der Waals surface area contributed by atoms with E-state index in [1.807, 2.05) is 12.1 Å². The molecule has 1 atom stereocenters. The monoisotopic (exact) mass is 292 g/mol. The van der Waals surface area contributed by atoms with Crippen LogP contribution in [0.15, 0.2) is 54.6 Å². The van der Waals surface area contributed by atoms with Gasteiger partial charge in [-0.2, -0.15) is 0 Å². The van der Waals surface area contributed by atoms with Crippen LogP contribution in [-0.2, 0) is 0 Å². The molecule has 1 nitrogen and oxygen atoms in total. The normalized spacial score (nSPS) is 12.1. The van der Waals surface area contributed by atoms with Crippen LogP contribution >= 0.6 is 0 Å². The molecule has 2 aromatic carbocycles. The van der Waals surface area contributed by atoms with E-state index < -0.39 is 0 Å². The van der Waals surface area contributed by atoms with Crippen molar-refractivity contribution in [2.45, 2.75) is 11.7 Å². The zero-order chi connectivity index (χ0) is 12.1. The Hall–Kier alpha value is -1.24. The van der Waals surface area contributed by atoms with E-state index in [4.69, 9.17) is 4.74 Å². The van der Waals surface area contributed by atoms with Gasteiger partial charge in [-0.25, -0.2) is 0 Å². The third kappa shape index (κ3) is 3.36. The number of benzene rings is 2. The van der Waals surface area contributed by atoms with Gasteiger partial charge in [0.2, 0.25) is 0 Å². The van der Waals surface area contributed by atoms with Gasteiger partial charge in [-0.3, -0.25) is 0 Å². The molecule has 0 N–H and O–H groups in total. The molecule has 0 bridgehead atoms. The maximum atomic E-state index is 5.17. The molecule has 0 aliphatic rings. The van der Waals surface area contributed by atoms with Crippen molar-refractivity contribution in [3.8, 4) is 5.75 Å². The molecule has 0 spiro atoms. The molecule has 0 heterocycles. The van der Waals surface area contributed by atoms with Crippen LogP contribution in [0.1, 0.15) is 17.3 Å². The SMILES string of the molecule is COc1ccc([Se]C(C)c2ccccc2)cc1. The minimum absolute atomic E-state index is 0.466. The number of hydrogen-bond donors (Lipinski definition) is 0. The molecule has 2 rings (SSSR count). The van der Waals surface area contributed by atoms with Gasteiger partial charge in [0.05, 0.1) is 0 Å². The second kappa shape index (κ2) is 5.90. The molecular formula is C15H16OSe. The van der Waals surface area contributed by atoms with E-state index in [1.165, 1.54) is 10.0 Å². The van der Waals surface area contributed by atoms with E-state index in [9.17, 15) is 0 Å². The Labute approximate surface area is 109 Å². The predicted octanol–water partition coefficient (Wildman–Crippen LogP) is 2.79. The Morgan fingerprint density at radius 2 is 1.59 bits per heavy atom. The third-order valence-corrected chi connectivity index (χ3v) is 5.10. The number of hydrogen-bond acceptors (Lipinski definition) is 1. The average molecular weight is 291 g/mol. The zero-order valence-corrected chi connectivity index (χ0v) is 11.8. The second-order valence-corrected chi connectivity index (χ2v) is 6.81. The first-order chi connectivity index (χ1) is 8.29. The summed E-state index contributed by atoms with van der Waals surface area (Å²) in [6.07, 6.45) is 0. The van der Waals surface area contributed by atoms with Crippen molar-refractivity contribution in [3.05, 3.63) is 60.2 Å². The summed E-state index contributed by atoms with van der Waals surface area (Å²) in [6.45, 7) is 2.29. The van der Waals surface area contributed by atoms with Crippen LogP contribution in [0.4, 0.5) is 0 Å². The molecule has 1 unspecified atom stereocenters. The summed E-state index contributed by atoms with van der Waals surface area (Å²) in [7, 11) is 1.70. The van der Waals surface area contributed by atoms with Crippen molar-refractivity contribution in [1.82, 2.24) is 0 Å². The molecule has 88 valence electrons. The van der Waals surface area contributed by atoms with Crippen molar-refractivity contribution in [2.75, 3.05) is 7.11 Å². The summed E-state index contributed by atoms with van der Waals surface area (Å²) >= 11 is 0.466. The van der Waals surface area contributed by atoms with Gasteiger partial charge in [-0.1, -0.05) is 0 Å². The van der Waals surface area contributed by atoms with Gasteiger partial charge in [-0.15, -0.1) is 0 Å². The Balaban J connectivity index is 2.05. The standard InChI is InChI=1S/C15H16OSe/c1-12(13-6-4-3-5-7-13)17-15-10-8-14(16-2)9-11-15/h3-12H,1-2H3. The fourth-order valence-electron chi connectivity index (χ4n) is 1.65. The van der Waals surface area contributed by atoms with Gasteiger partial charge < -0.3 is 0 Å². The van der Waals surface area contributed by atoms with E-state index in [0.717, 1.165) is 5.75 Å². The fourth-order valence-corrected chi connectivity index (χ4v) is 3.74. The van der Waals surface area contributed by atoms with Crippen LogP contribution < -0.4 is 9.20 Å². The van der Waals surface area contributed by atoms with E-state index >= 15 is 0 Å². The number of rotatable bonds is 4. The van der Waals surface area contributed by atoms with Gasteiger partial charge in [0.1, 0.15) is 0 Å². The van der Waals surface area contributed by atoms with Crippen molar-refractivity contribution in [3.63, 3.8) is 0 Å². The molecule has 0 saturated heterocycles. The van der Waals surface area contributed by atoms with E-state index in [-0.39, 0.29) is 0 Å². The molecule has 17 heavy (non-hydrogen) atoms. The predicted molar refractivity (Wildman–Crippen MR) is 73.2 cm³/mol. The first kappa shape index (κ1) is 12.2. The fraction of sp³-hybridized carbons (Fsp3) is 0.200. The molecule has 0 aliphatic heterocycles. The summed E-state index contributed by atoms with van der Waals surface area (Å²) < 4.78 is 6.58. The first-order valence-corrected chi connectivity index (χ1v) is 7.50. The van der Waals surface area contributed by atoms with Crippen molar-refractivity contribution < 1.29 is 4.74 Å². The van der Waals surface area contributed by atoms with Crippen LogP contribution in [-0.4, -0.2) is 22.1 Å². The first-order valence-electron chi connectivity index (χ1n) is 5.65. The molecule has 0 radical (unpaired) electrons. The summed E-state index contributed by atoms with van der Waals surface area (Å²) in [5.41, 5.74) is 1.42. The van der Waals surface area contributed by atoms with Crippen LogP contribution in [0.25, 0.3) is 0 Å². The van der Waals surface area contributed by atoms with E-state index in [1.54, 1.807) is 7.11 Å². The molecule has 0 saturated carbocycles. The summed E-state index contributed by atoms with van der Waals surface area (Å²) in [4.78, 5) is 0.608. The van der Waals surface area contributed by atoms with Crippen molar-refractivity contribution >= 4 is 19.4 Å². The quantitative estimate of drug-likeness (QED) is 0.787. The third-order valence-electron chi connectivity index (χ3n) is 2.64. The van der Waals surface area contributed by atoms with Gasteiger partial charge >= 0.3 is 109 Å². The van der Waals surface area contributed by atoms with Gasteiger partial charge in [0.25, 0.3) is 0 Å². The van der Waals surface area contributed by atoms with E-state index in [2.05, 4.69) is 49.4 Å². The van der Waals surface area contributed by atoms with Gasteiger partial charge in [-0.05, 0) is 0 Å². The molecule has 0 amide bonds. The number of methoxy groups -OCH3 is 1. The van der Waals surface area contributed by atoms with Crippen molar-refractivity contribution in [2.24, 2.45) is 0 Å². The Bertz CT molecular complexity index is 450.